The van der Waals surface area contributed by atoms with E-state index in [0.717, 1.165) is 55.2 Å². The van der Waals surface area contributed by atoms with Crippen LogP contribution in [0, 0.1) is 0 Å². The third-order valence-corrected chi connectivity index (χ3v) is 7.24. The molecule has 2 N–H and O–H groups in total. The number of fused-ring (bicyclic) bond motifs is 4. The predicted molar refractivity (Wildman–Crippen MR) is 129 cm³/mol. The molecular weight excluding hydrogens is 410 g/mol. The van der Waals surface area contributed by atoms with Crippen molar-refractivity contribution in [2.45, 2.75) is 31.2 Å². The minimum atomic E-state index is -0.403. The summed E-state index contributed by atoms with van der Waals surface area (Å²) in [6.45, 7) is 3.18. The smallest absolute Gasteiger partial charge is 0.191 e. The number of quaternary nitrogens is 1. The molecule has 1 fully saturated rings. The third kappa shape index (κ3) is 3.58. The summed E-state index contributed by atoms with van der Waals surface area (Å²) in [6, 6.07) is 27.7. The third-order valence-electron chi connectivity index (χ3n) is 7.24. The highest BCUT2D eigenvalue weighted by Gasteiger charge is 2.53. The van der Waals surface area contributed by atoms with E-state index in [2.05, 4.69) is 89.3 Å². The second kappa shape index (κ2) is 8.25. The molecule has 0 aliphatic carbocycles. The molecule has 1 unspecified atom stereocenters. The number of benzene rings is 3. The second-order valence-electron chi connectivity index (χ2n) is 9.21. The van der Waals surface area contributed by atoms with Crippen LogP contribution in [0.4, 0.5) is 0 Å². The van der Waals surface area contributed by atoms with Crippen molar-refractivity contribution in [1.29, 1.82) is 0 Å². The maximum atomic E-state index is 6.87. The Morgan fingerprint density at radius 1 is 0.970 bits per heavy atom. The number of likely N-dealkylation sites (tertiary alicyclic amines) is 1. The van der Waals surface area contributed by atoms with E-state index >= 15 is 0 Å². The van der Waals surface area contributed by atoms with Gasteiger partial charge in [-0.2, -0.15) is 5.01 Å². The monoisotopic (exact) mass is 440 g/mol. The van der Waals surface area contributed by atoms with Crippen LogP contribution in [0.3, 0.4) is 0 Å². The van der Waals surface area contributed by atoms with Gasteiger partial charge >= 0.3 is 0 Å². The summed E-state index contributed by atoms with van der Waals surface area (Å²) in [6.07, 6.45) is 4.24. The summed E-state index contributed by atoms with van der Waals surface area (Å²) >= 11 is 0. The van der Waals surface area contributed by atoms with E-state index < -0.39 is 5.72 Å². The molecule has 5 nitrogen and oxygen atoms in total. The number of hydrazine groups is 1. The Morgan fingerprint density at radius 2 is 1.70 bits per heavy atom. The van der Waals surface area contributed by atoms with E-state index in [1.807, 2.05) is 6.07 Å². The summed E-state index contributed by atoms with van der Waals surface area (Å²) < 4.78 is 12.6. The first-order chi connectivity index (χ1) is 16.3. The highest BCUT2D eigenvalue weighted by molar-refractivity contribution is 5.68. The van der Waals surface area contributed by atoms with Gasteiger partial charge in [-0.1, -0.05) is 72.8 Å². The average molecular weight is 441 g/mol. The Balaban J connectivity index is 1.32. The van der Waals surface area contributed by atoms with Crippen molar-refractivity contribution in [3.05, 3.63) is 102 Å². The number of piperidine rings is 1. The minimum absolute atomic E-state index is 0.106. The van der Waals surface area contributed by atoms with Gasteiger partial charge in [0, 0.05) is 11.1 Å². The van der Waals surface area contributed by atoms with Crippen LogP contribution in [0.5, 0.6) is 11.5 Å². The van der Waals surface area contributed by atoms with Crippen molar-refractivity contribution in [3.63, 3.8) is 0 Å². The molecule has 0 bridgehead atoms. The van der Waals surface area contributed by atoms with Crippen LogP contribution in [0.25, 0.3) is 5.70 Å². The van der Waals surface area contributed by atoms with Gasteiger partial charge in [0.2, 0.25) is 0 Å². The van der Waals surface area contributed by atoms with Crippen LogP contribution in [0.15, 0.2) is 84.9 Å². The molecule has 0 radical (unpaired) electrons. The van der Waals surface area contributed by atoms with Crippen molar-refractivity contribution in [2.75, 3.05) is 20.2 Å². The van der Waals surface area contributed by atoms with Crippen LogP contribution in [0.2, 0.25) is 0 Å². The number of nitrogens with zero attached hydrogens (tertiary/aromatic N) is 1. The number of nitrogens with one attached hydrogen (secondary N) is 2. The lowest BCUT2D eigenvalue weighted by molar-refractivity contribution is -0.921. The first-order valence-corrected chi connectivity index (χ1v) is 11.8. The van der Waals surface area contributed by atoms with Crippen molar-refractivity contribution in [2.24, 2.45) is 0 Å². The van der Waals surface area contributed by atoms with Gasteiger partial charge in [0.15, 0.2) is 17.2 Å². The lowest BCUT2D eigenvalue weighted by Gasteiger charge is -2.50. The van der Waals surface area contributed by atoms with E-state index in [1.165, 1.54) is 11.1 Å². The molecule has 3 aromatic rings. The molecule has 0 amide bonds. The van der Waals surface area contributed by atoms with Crippen LogP contribution >= 0.6 is 0 Å². The van der Waals surface area contributed by atoms with E-state index in [-0.39, 0.29) is 6.04 Å². The molecule has 6 rings (SSSR count). The van der Waals surface area contributed by atoms with Gasteiger partial charge in [0.1, 0.15) is 6.54 Å². The molecule has 0 saturated carbocycles. The average Bonchev–Trinajstić information content (AvgIpc) is 3.34. The fraction of sp³-hybridized carbons (Fsp3) is 0.286. The van der Waals surface area contributed by atoms with Gasteiger partial charge in [-0.3, -0.25) is 0 Å². The normalized spacial score (nSPS) is 26.0. The number of ether oxygens (including phenoxy) is 2. The molecule has 168 valence electrons. The Hall–Kier alpha value is -3.28. The molecule has 5 heteroatoms. The molecular formula is C28H30N3O2+. The topological polar surface area (TPSA) is 38.2 Å². The molecule has 33 heavy (non-hydrogen) atoms. The van der Waals surface area contributed by atoms with Gasteiger partial charge in [-0.15, -0.1) is 0 Å². The van der Waals surface area contributed by atoms with Crippen molar-refractivity contribution in [1.82, 2.24) is 10.4 Å². The first kappa shape index (κ1) is 20.3. The van der Waals surface area contributed by atoms with E-state index in [9.17, 15) is 0 Å². The van der Waals surface area contributed by atoms with Crippen LogP contribution in [-0.4, -0.2) is 30.9 Å². The zero-order chi connectivity index (χ0) is 22.3. The molecule has 3 aliphatic heterocycles. The Morgan fingerprint density at radius 3 is 2.42 bits per heavy atom. The predicted octanol–water partition coefficient (Wildman–Crippen LogP) is 3.57. The summed E-state index contributed by atoms with van der Waals surface area (Å²) in [5.41, 5.74) is 8.20. The quantitative estimate of drug-likeness (QED) is 0.651. The summed E-state index contributed by atoms with van der Waals surface area (Å²) in [7, 11) is 1.72. The lowest BCUT2D eigenvalue weighted by Crippen LogP contribution is -3.12. The minimum Gasteiger partial charge on any atom is -0.493 e. The van der Waals surface area contributed by atoms with E-state index in [4.69, 9.17) is 9.47 Å². The molecule has 1 atom stereocenters. The van der Waals surface area contributed by atoms with E-state index in [1.54, 1.807) is 12.0 Å². The molecule has 0 aromatic heterocycles. The number of para-hydroxylation sites is 1. The number of hydrogen-bond acceptors (Lipinski definition) is 4. The fourth-order valence-electron chi connectivity index (χ4n) is 5.50. The summed E-state index contributed by atoms with van der Waals surface area (Å²) in [4.78, 5) is 1.60. The molecule has 3 aromatic carbocycles. The Labute approximate surface area is 195 Å². The molecule has 1 saturated heterocycles. The largest absolute Gasteiger partial charge is 0.493 e. The maximum Gasteiger partial charge on any atom is 0.191 e. The number of hydrogen-bond donors (Lipinski definition) is 2. The van der Waals surface area contributed by atoms with Crippen molar-refractivity contribution < 1.29 is 14.4 Å². The second-order valence-corrected chi connectivity index (χ2v) is 9.21. The first-order valence-electron chi connectivity index (χ1n) is 11.8. The summed E-state index contributed by atoms with van der Waals surface area (Å²) in [5.74, 6) is 1.70. The highest BCUT2D eigenvalue weighted by Crippen LogP contribution is 2.50. The summed E-state index contributed by atoms with van der Waals surface area (Å²) in [5, 5.41) is 2.36. The van der Waals surface area contributed by atoms with Crippen LogP contribution in [-0.2, 0) is 6.54 Å². The van der Waals surface area contributed by atoms with Crippen molar-refractivity contribution in [3.8, 4) is 11.5 Å². The Bertz CT molecular complexity index is 1150. The number of rotatable bonds is 4. The number of methoxy groups -OCH3 is 1. The molecule has 1 spiro atoms. The van der Waals surface area contributed by atoms with E-state index in [0.29, 0.717) is 0 Å². The van der Waals surface area contributed by atoms with Crippen LogP contribution in [0.1, 0.15) is 35.6 Å². The standard InChI is InChI=1S/C28H29N3O2/c1-32-26-14-8-13-23-25-19-24(22-11-6-3-7-12-22)29-31(25)28(33-27(23)26)15-17-30(18-16-28)20-21-9-4-2-5-10-21/h2-14,19,25,29H,15-18,20H2,1H3/p+1. The fourth-order valence-corrected chi connectivity index (χ4v) is 5.50. The van der Waals surface area contributed by atoms with Gasteiger partial charge in [0.05, 0.1) is 44.8 Å². The van der Waals surface area contributed by atoms with Crippen LogP contribution < -0.4 is 19.8 Å². The molecule has 3 aliphatic rings. The SMILES string of the molecule is COc1cccc2c1OC1(CC[NH+](Cc3ccccc3)CC1)N1NC(c3ccccc3)=CC21. The maximum absolute atomic E-state index is 6.87. The van der Waals surface area contributed by atoms with Gasteiger partial charge < -0.3 is 19.8 Å². The Kier molecular flexibility index (Phi) is 5.08. The zero-order valence-electron chi connectivity index (χ0n) is 19.0. The zero-order valence-corrected chi connectivity index (χ0v) is 19.0. The van der Waals surface area contributed by atoms with Gasteiger partial charge in [-0.05, 0) is 17.7 Å². The van der Waals surface area contributed by atoms with Crippen molar-refractivity contribution >= 4 is 5.70 Å². The highest BCUT2D eigenvalue weighted by atomic mass is 16.5. The molecule has 3 heterocycles. The van der Waals surface area contributed by atoms with Gasteiger partial charge in [-0.25, -0.2) is 0 Å². The van der Waals surface area contributed by atoms with Gasteiger partial charge in [0.25, 0.3) is 0 Å². The lowest BCUT2D eigenvalue weighted by atomic mass is 9.92.